The lowest BCUT2D eigenvalue weighted by Crippen LogP contribution is -2.37. The van der Waals surface area contributed by atoms with Crippen molar-refractivity contribution in [3.8, 4) is 0 Å². The molecule has 7 nitrogen and oxygen atoms in total. The molecule has 0 saturated carbocycles. The van der Waals surface area contributed by atoms with Crippen LogP contribution in [-0.4, -0.2) is 52.0 Å². The predicted molar refractivity (Wildman–Crippen MR) is 59.9 cm³/mol. The van der Waals surface area contributed by atoms with Crippen LogP contribution in [0.4, 0.5) is 19.0 Å². The Bertz CT molecular complexity index is 434. The second-order valence-electron chi connectivity index (χ2n) is 3.51. The van der Waals surface area contributed by atoms with E-state index in [1.807, 2.05) is 0 Å². The number of aromatic nitrogens is 2. The van der Waals surface area contributed by atoms with Gasteiger partial charge in [0.05, 0.1) is 19.0 Å². The van der Waals surface area contributed by atoms with Gasteiger partial charge in [0.15, 0.2) is 5.84 Å². The number of rotatable bonds is 5. The molecule has 1 rings (SSSR count). The largest absolute Gasteiger partial charge is 0.409 e. The Morgan fingerprint density at radius 1 is 1.37 bits per heavy atom. The Morgan fingerprint density at radius 3 is 2.47 bits per heavy atom. The molecule has 0 radical (unpaired) electrons. The van der Waals surface area contributed by atoms with E-state index in [1.54, 1.807) is 0 Å². The van der Waals surface area contributed by atoms with Crippen LogP contribution in [-0.2, 0) is 0 Å². The molecule has 0 amide bonds. The molecule has 0 fully saturated rings. The van der Waals surface area contributed by atoms with Gasteiger partial charge < -0.3 is 20.9 Å². The molecular formula is C9H12F3N5O2. The minimum atomic E-state index is -4.43. The fraction of sp³-hybridized carbons (Fsp3) is 0.444. The molecule has 0 spiro atoms. The third-order valence-corrected chi connectivity index (χ3v) is 2.07. The summed E-state index contributed by atoms with van der Waals surface area (Å²) in [5.41, 5.74) is 5.27. The average molecular weight is 279 g/mol. The molecule has 0 saturated heterocycles. The van der Waals surface area contributed by atoms with Gasteiger partial charge in [-0.1, -0.05) is 5.16 Å². The minimum absolute atomic E-state index is 0.0298. The topological polar surface area (TPSA) is 108 Å². The average Bonchev–Trinajstić information content (AvgIpc) is 2.36. The van der Waals surface area contributed by atoms with Crippen LogP contribution in [0.1, 0.15) is 5.69 Å². The van der Waals surface area contributed by atoms with Gasteiger partial charge >= 0.3 is 6.18 Å². The summed E-state index contributed by atoms with van der Waals surface area (Å²) in [4.78, 5) is 8.27. The van der Waals surface area contributed by atoms with Gasteiger partial charge in [0, 0.05) is 6.54 Å². The lowest BCUT2D eigenvalue weighted by atomic mass is 10.4. The molecule has 10 heteroatoms. The van der Waals surface area contributed by atoms with E-state index in [1.165, 1.54) is 0 Å². The second-order valence-corrected chi connectivity index (χ2v) is 3.51. The zero-order chi connectivity index (χ0) is 14.5. The predicted octanol–water partition coefficient (Wildman–Crippen LogP) is -0.0679. The van der Waals surface area contributed by atoms with Crippen LogP contribution in [0.5, 0.6) is 0 Å². The molecule has 0 aliphatic rings. The van der Waals surface area contributed by atoms with Crippen molar-refractivity contribution in [1.29, 1.82) is 0 Å². The molecule has 1 heterocycles. The SMILES string of the molecule is NC(=NO)c1cnc(N(CCO)CC(F)(F)F)cn1. The summed E-state index contributed by atoms with van der Waals surface area (Å²) >= 11 is 0. The summed E-state index contributed by atoms with van der Waals surface area (Å²) in [6.45, 7) is -1.96. The number of alkyl halides is 3. The van der Waals surface area contributed by atoms with Gasteiger partial charge in [-0.3, -0.25) is 0 Å². The molecule has 19 heavy (non-hydrogen) atoms. The number of hydrogen-bond acceptors (Lipinski definition) is 6. The smallest absolute Gasteiger partial charge is 0.405 e. The van der Waals surface area contributed by atoms with E-state index < -0.39 is 19.3 Å². The number of aliphatic hydroxyl groups is 1. The number of nitrogens with two attached hydrogens (primary N) is 1. The highest BCUT2D eigenvalue weighted by molar-refractivity contribution is 5.94. The number of anilines is 1. The summed E-state index contributed by atoms with van der Waals surface area (Å²) in [6.07, 6.45) is -2.30. The van der Waals surface area contributed by atoms with Crippen molar-refractivity contribution in [2.75, 3.05) is 24.6 Å². The van der Waals surface area contributed by atoms with Gasteiger partial charge in [-0.25, -0.2) is 9.97 Å². The first-order valence-electron chi connectivity index (χ1n) is 5.10. The van der Waals surface area contributed by atoms with Gasteiger partial charge in [0.2, 0.25) is 0 Å². The molecule has 106 valence electrons. The number of oxime groups is 1. The maximum Gasteiger partial charge on any atom is 0.405 e. The van der Waals surface area contributed by atoms with E-state index in [-0.39, 0.29) is 23.9 Å². The molecule has 1 aromatic rings. The molecule has 0 atom stereocenters. The lowest BCUT2D eigenvalue weighted by molar-refractivity contribution is -0.120. The normalized spacial score (nSPS) is 12.5. The van der Waals surface area contributed by atoms with E-state index in [4.69, 9.17) is 16.0 Å². The fourth-order valence-corrected chi connectivity index (χ4v) is 1.28. The quantitative estimate of drug-likeness (QED) is 0.301. The molecule has 0 unspecified atom stereocenters. The third-order valence-electron chi connectivity index (χ3n) is 2.07. The van der Waals surface area contributed by atoms with Crippen molar-refractivity contribution in [1.82, 2.24) is 9.97 Å². The van der Waals surface area contributed by atoms with Crippen molar-refractivity contribution in [3.05, 3.63) is 18.1 Å². The zero-order valence-corrected chi connectivity index (χ0v) is 9.67. The van der Waals surface area contributed by atoms with Crippen LogP contribution in [0.3, 0.4) is 0 Å². The van der Waals surface area contributed by atoms with Crippen LogP contribution in [0, 0.1) is 0 Å². The Hall–Kier alpha value is -2.10. The van der Waals surface area contributed by atoms with E-state index in [9.17, 15) is 13.2 Å². The highest BCUT2D eigenvalue weighted by Gasteiger charge is 2.31. The van der Waals surface area contributed by atoms with Crippen LogP contribution >= 0.6 is 0 Å². The maximum atomic E-state index is 12.3. The molecule has 4 N–H and O–H groups in total. The van der Waals surface area contributed by atoms with E-state index >= 15 is 0 Å². The van der Waals surface area contributed by atoms with E-state index in [0.29, 0.717) is 0 Å². The van der Waals surface area contributed by atoms with Gasteiger partial charge in [0.25, 0.3) is 0 Å². The van der Waals surface area contributed by atoms with Crippen molar-refractivity contribution in [2.45, 2.75) is 6.18 Å². The van der Waals surface area contributed by atoms with E-state index in [2.05, 4.69) is 15.1 Å². The van der Waals surface area contributed by atoms with Gasteiger partial charge in [0.1, 0.15) is 18.1 Å². The summed E-state index contributed by atoms with van der Waals surface area (Å²) in [6, 6.07) is 0. The Labute approximate surface area is 106 Å². The van der Waals surface area contributed by atoms with E-state index in [0.717, 1.165) is 17.3 Å². The summed E-state index contributed by atoms with van der Waals surface area (Å²) in [5.74, 6) is -0.371. The number of aliphatic hydroxyl groups excluding tert-OH is 1. The number of hydrogen-bond donors (Lipinski definition) is 3. The Kier molecular flexibility index (Phi) is 4.87. The van der Waals surface area contributed by atoms with Crippen LogP contribution < -0.4 is 10.6 Å². The van der Waals surface area contributed by atoms with Crippen LogP contribution in [0.25, 0.3) is 0 Å². The number of halogens is 3. The Morgan fingerprint density at radius 2 is 2.05 bits per heavy atom. The summed E-state index contributed by atoms with van der Waals surface area (Å²) in [7, 11) is 0. The van der Waals surface area contributed by atoms with Gasteiger partial charge in [-0.05, 0) is 0 Å². The summed E-state index contributed by atoms with van der Waals surface area (Å²) in [5, 5.41) is 19.8. The fourth-order valence-electron chi connectivity index (χ4n) is 1.28. The first-order valence-corrected chi connectivity index (χ1v) is 5.10. The highest BCUT2D eigenvalue weighted by atomic mass is 19.4. The zero-order valence-electron chi connectivity index (χ0n) is 9.67. The monoisotopic (exact) mass is 279 g/mol. The third kappa shape index (κ3) is 4.58. The van der Waals surface area contributed by atoms with Crippen molar-refractivity contribution in [2.24, 2.45) is 10.9 Å². The van der Waals surface area contributed by atoms with Crippen molar-refractivity contribution >= 4 is 11.7 Å². The molecular weight excluding hydrogens is 267 g/mol. The lowest BCUT2D eigenvalue weighted by Gasteiger charge is -2.23. The van der Waals surface area contributed by atoms with Gasteiger partial charge in [-0.2, -0.15) is 13.2 Å². The molecule has 0 bridgehead atoms. The Balaban J connectivity index is 2.91. The molecule has 0 aliphatic carbocycles. The van der Waals surface area contributed by atoms with Crippen LogP contribution in [0.15, 0.2) is 17.5 Å². The van der Waals surface area contributed by atoms with Crippen molar-refractivity contribution < 1.29 is 23.5 Å². The minimum Gasteiger partial charge on any atom is -0.409 e. The standard InChI is InChI=1S/C9H12F3N5O2/c10-9(11,12)5-17(1-2-18)7-4-14-6(3-15-7)8(13)16-19/h3-4,18-19H,1-2,5H2,(H2,13,16). The van der Waals surface area contributed by atoms with Crippen LogP contribution in [0.2, 0.25) is 0 Å². The number of amidine groups is 1. The number of nitrogens with zero attached hydrogens (tertiary/aromatic N) is 4. The second kappa shape index (κ2) is 6.18. The first kappa shape index (κ1) is 15.0. The first-order chi connectivity index (χ1) is 8.87. The van der Waals surface area contributed by atoms with Gasteiger partial charge in [-0.15, -0.1) is 0 Å². The molecule has 1 aromatic heterocycles. The molecule has 0 aromatic carbocycles. The maximum absolute atomic E-state index is 12.3. The highest BCUT2D eigenvalue weighted by Crippen LogP contribution is 2.19. The molecule has 0 aliphatic heterocycles. The summed E-state index contributed by atoms with van der Waals surface area (Å²) < 4.78 is 37.0. The van der Waals surface area contributed by atoms with Crippen molar-refractivity contribution in [3.63, 3.8) is 0 Å².